The predicted molar refractivity (Wildman–Crippen MR) is 92.5 cm³/mol. The summed E-state index contributed by atoms with van der Waals surface area (Å²) in [5, 5.41) is 0.206. The summed E-state index contributed by atoms with van der Waals surface area (Å²) in [6.07, 6.45) is 1.29. The van der Waals surface area contributed by atoms with Crippen LogP contribution >= 0.6 is 11.6 Å². The molecule has 3 rings (SSSR count). The summed E-state index contributed by atoms with van der Waals surface area (Å²) in [4.78, 5) is 19.2. The molecule has 0 saturated heterocycles. The first-order chi connectivity index (χ1) is 12.4. The van der Waals surface area contributed by atoms with Crippen molar-refractivity contribution in [3.63, 3.8) is 0 Å². The maximum atomic E-state index is 12.7. The molecule has 0 saturated carbocycles. The van der Waals surface area contributed by atoms with Crippen molar-refractivity contribution in [1.82, 2.24) is 9.97 Å². The molecular formula is C18H12ClF2N3O2. The third-order valence-electron chi connectivity index (χ3n) is 3.48. The zero-order chi connectivity index (χ0) is 18.7. The summed E-state index contributed by atoms with van der Waals surface area (Å²) in [7, 11) is 0. The van der Waals surface area contributed by atoms with Crippen LogP contribution < -0.4 is 10.5 Å². The standard InChI is InChI=1S/C18H12ClF2N3O2/c19-15-6-10(1-2-14(15)18(22)25)16-7-12(3-4-24-16)26-13-5-11(17(20)21)8-23-9-13/h1-9,17H,(H2,22,25). The second kappa shape index (κ2) is 7.45. The average molecular weight is 376 g/mol. The van der Waals surface area contributed by atoms with Gasteiger partial charge in [-0.2, -0.15) is 0 Å². The van der Waals surface area contributed by atoms with E-state index in [1.807, 2.05) is 0 Å². The van der Waals surface area contributed by atoms with Gasteiger partial charge in [0.2, 0.25) is 5.91 Å². The summed E-state index contributed by atoms with van der Waals surface area (Å²) in [6.45, 7) is 0. The Hall–Kier alpha value is -3.06. The van der Waals surface area contributed by atoms with E-state index in [0.717, 1.165) is 6.20 Å². The van der Waals surface area contributed by atoms with Crippen molar-refractivity contribution in [2.75, 3.05) is 0 Å². The lowest BCUT2D eigenvalue weighted by Crippen LogP contribution is -2.11. The molecule has 1 aromatic carbocycles. The molecule has 0 atom stereocenters. The Morgan fingerprint density at radius 3 is 2.62 bits per heavy atom. The fourth-order valence-electron chi connectivity index (χ4n) is 2.25. The van der Waals surface area contributed by atoms with Crippen LogP contribution in [0, 0.1) is 0 Å². The lowest BCUT2D eigenvalue weighted by atomic mass is 10.1. The van der Waals surface area contributed by atoms with Gasteiger partial charge in [-0.05, 0) is 24.3 Å². The summed E-state index contributed by atoms with van der Waals surface area (Å²) >= 11 is 6.05. The van der Waals surface area contributed by atoms with Crippen LogP contribution in [-0.4, -0.2) is 15.9 Å². The predicted octanol–water partition coefficient (Wildman–Crippen LogP) is 4.63. The second-order valence-electron chi connectivity index (χ2n) is 5.29. The van der Waals surface area contributed by atoms with Crippen LogP contribution in [0.15, 0.2) is 55.0 Å². The number of rotatable bonds is 5. The zero-order valence-corrected chi connectivity index (χ0v) is 14.0. The molecule has 0 fully saturated rings. The molecule has 0 spiro atoms. The van der Waals surface area contributed by atoms with Crippen molar-refractivity contribution in [2.45, 2.75) is 6.43 Å². The Bertz CT molecular complexity index is 967. The van der Waals surface area contributed by atoms with Crippen molar-refractivity contribution in [3.05, 3.63) is 71.1 Å². The first-order valence-corrected chi connectivity index (χ1v) is 7.78. The molecule has 0 unspecified atom stereocenters. The van der Waals surface area contributed by atoms with E-state index in [9.17, 15) is 13.6 Å². The lowest BCUT2D eigenvalue weighted by molar-refractivity contribution is 0.100. The van der Waals surface area contributed by atoms with Crippen molar-refractivity contribution in [3.8, 4) is 22.8 Å². The largest absolute Gasteiger partial charge is 0.456 e. The van der Waals surface area contributed by atoms with Crippen LogP contribution in [0.3, 0.4) is 0 Å². The van der Waals surface area contributed by atoms with Crippen LogP contribution in [0.5, 0.6) is 11.5 Å². The molecule has 0 radical (unpaired) electrons. The van der Waals surface area contributed by atoms with Crippen molar-refractivity contribution < 1.29 is 18.3 Å². The number of primary amides is 1. The third-order valence-corrected chi connectivity index (χ3v) is 3.80. The number of pyridine rings is 2. The highest BCUT2D eigenvalue weighted by molar-refractivity contribution is 6.34. The summed E-state index contributed by atoms with van der Waals surface area (Å²) in [6, 6.07) is 9.13. The zero-order valence-electron chi connectivity index (χ0n) is 13.2. The maximum Gasteiger partial charge on any atom is 0.265 e. The van der Waals surface area contributed by atoms with Gasteiger partial charge in [0.1, 0.15) is 11.5 Å². The van der Waals surface area contributed by atoms with Crippen LogP contribution in [0.4, 0.5) is 8.78 Å². The number of carbonyl (C=O) groups excluding carboxylic acids is 1. The number of hydrogen-bond donors (Lipinski definition) is 1. The van der Waals surface area contributed by atoms with E-state index in [-0.39, 0.29) is 21.9 Å². The highest BCUT2D eigenvalue weighted by Gasteiger charge is 2.11. The van der Waals surface area contributed by atoms with Crippen molar-refractivity contribution >= 4 is 17.5 Å². The molecule has 8 heteroatoms. The number of amides is 1. The first kappa shape index (κ1) is 17.8. The monoisotopic (exact) mass is 375 g/mol. The van der Waals surface area contributed by atoms with Gasteiger partial charge >= 0.3 is 0 Å². The van der Waals surface area contributed by atoms with Gasteiger partial charge in [0.25, 0.3) is 6.43 Å². The molecule has 2 N–H and O–H groups in total. The number of nitrogens with two attached hydrogens (primary N) is 1. The van der Waals surface area contributed by atoms with Crippen LogP contribution in [0.1, 0.15) is 22.3 Å². The van der Waals surface area contributed by atoms with E-state index in [0.29, 0.717) is 17.0 Å². The lowest BCUT2D eigenvalue weighted by Gasteiger charge is -2.09. The highest BCUT2D eigenvalue weighted by atomic mass is 35.5. The molecule has 26 heavy (non-hydrogen) atoms. The SMILES string of the molecule is NC(=O)c1ccc(-c2cc(Oc3cncc(C(F)F)c3)ccn2)cc1Cl. The normalized spacial score (nSPS) is 10.8. The minimum Gasteiger partial charge on any atom is -0.456 e. The molecule has 2 aromatic heterocycles. The Morgan fingerprint density at radius 1 is 1.12 bits per heavy atom. The molecular weight excluding hydrogens is 364 g/mol. The number of ether oxygens (including phenoxy) is 1. The fraction of sp³-hybridized carbons (Fsp3) is 0.0556. The molecule has 0 aliphatic carbocycles. The number of hydrogen-bond acceptors (Lipinski definition) is 4. The number of aromatic nitrogens is 2. The van der Waals surface area contributed by atoms with Gasteiger partial charge in [-0.1, -0.05) is 17.7 Å². The van der Waals surface area contributed by atoms with Gasteiger partial charge in [-0.3, -0.25) is 14.8 Å². The number of benzene rings is 1. The summed E-state index contributed by atoms with van der Waals surface area (Å²) < 4.78 is 31.1. The van der Waals surface area contributed by atoms with E-state index < -0.39 is 12.3 Å². The third kappa shape index (κ3) is 3.94. The van der Waals surface area contributed by atoms with E-state index >= 15 is 0 Å². The van der Waals surface area contributed by atoms with Crippen molar-refractivity contribution in [1.29, 1.82) is 0 Å². The minimum absolute atomic E-state index is 0.182. The highest BCUT2D eigenvalue weighted by Crippen LogP contribution is 2.29. The molecule has 3 aromatic rings. The molecule has 1 amide bonds. The summed E-state index contributed by atoms with van der Waals surface area (Å²) in [5.74, 6) is -0.0571. The Kier molecular flexibility index (Phi) is 5.09. The second-order valence-corrected chi connectivity index (χ2v) is 5.70. The molecule has 132 valence electrons. The van der Waals surface area contributed by atoms with Gasteiger partial charge in [0.15, 0.2) is 0 Å². The van der Waals surface area contributed by atoms with E-state index in [2.05, 4.69) is 9.97 Å². The Labute approximate surface area is 152 Å². The van der Waals surface area contributed by atoms with E-state index in [4.69, 9.17) is 22.1 Å². The number of alkyl halides is 2. The van der Waals surface area contributed by atoms with Gasteiger partial charge in [-0.15, -0.1) is 0 Å². The van der Waals surface area contributed by atoms with E-state index in [1.54, 1.807) is 24.3 Å². The molecule has 0 aliphatic rings. The van der Waals surface area contributed by atoms with Gasteiger partial charge < -0.3 is 10.5 Å². The number of nitrogens with zero attached hydrogens (tertiary/aromatic N) is 2. The smallest absolute Gasteiger partial charge is 0.265 e. The Balaban J connectivity index is 1.88. The number of carbonyl (C=O) groups is 1. The van der Waals surface area contributed by atoms with Crippen LogP contribution in [0.25, 0.3) is 11.3 Å². The molecule has 0 aliphatic heterocycles. The van der Waals surface area contributed by atoms with Gasteiger partial charge in [0, 0.05) is 29.6 Å². The first-order valence-electron chi connectivity index (χ1n) is 7.41. The fourth-order valence-corrected chi connectivity index (χ4v) is 2.53. The Morgan fingerprint density at radius 2 is 1.92 bits per heavy atom. The van der Waals surface area contributed by atoms with Crippen LogP contribution in [-0.2, 0) is 0 Å². The van der Waals surface area contributed by atoms with Gasteiger partial charge in [-0.25, -0.2) is 8.78 Å². The maximum absolute atomic E-state index is 12.7. The van der Waals surface area contributed by atoms with E-state index in [1.165, 1.54) is 24.5 Å². The van der Waals surface area contributed by atoms with Crippen LogP contribution in [0.2, 0.25) is 5.02 Å². The molecule has 5 nitrogen and oxygen atoms in total. The average Bonchev–Trinajstić information content (AvgIpc) is 2.61. The quantitative estimate of drug-likeness (QED) is 0.705. The van der Waals surface area contributed by atoms with Gasteiger partial charge in [0.05, 0.1) is 22.5 Å². The number of halogens is 3. The minimum atomic E-state index is -2.63. The topological polar surface area (TPSA) is 78.1 Å². The molecule has 2 heterocycles. The van der Waals surface area contributed by atoms with Crippen molar-refractivity contribution in [2.24, 2.45) is 5.73 Å². The molecule has 0 bridgehead atoms. The summed E-state index contributed by atoms with van der Waals surface area (Å²) in [5.41, 5.74) is 6.37.